The number of rotatable bonds is 6. The number of carbonyl (C=O) groups excluding carboxylic acids is 1. The Hall–Kier alpha value is -3.38. The summed E-state index contributed by atoms with van der Waals surface area (Å²) < 4.78 is 2.03. The molecule has 4 aromatic rings. The third-order valence-electron chi connectivity index (χ3n) is 5.49. The molecule has 1 heterocycles. The fraction of sp³-hybridized carbons (Fsp3) is 0.192. The van der Waals surface area contributed by atoms with Crippen molar-refractivity contribution >= 4 is 23.4 Å². The lowest BCUT2D eigenvalue weighted by Crippen LogP contribution is -2.16. The highest BCUT2D eigenvalue weighted by molar-refractivity contribution is 7.99. The predicted molar refractivity (Wildman–Crippen MR) is 132 cm³/mol. The van der Waals surface area contributed by atoms with Gasteiger partial charge in [0.15, 0.2) is 11.0 Å². The molecule has 0 aliphatic heterocycles. The maximum Gasteiger partial charge on any atom is 0.234 e. The molecule has 0 aliphatic carbocycles. The number of aryl methyl sites for hydroxylation is 4. The van der Waals surface area contributed by atoms with Crippen LogP contribution in [0.25, 0.3) is 17.1 Å². The van der Waals surface area contributed by atoms with E-state index < -0.39 is 0 Å². The molecular formula is C26H26N4OS. The largest absolute Gasteiger partial charge is 0.325 e. The van der Waals surface area contributed by atoms with Gasteiger partial charge in [-0.3, -0.25) is 9.36 Å². The number of carbonyl (C=O) groups is 1. The highest BCUT2D eigenvalue weighted by Gasteiger charge is 2.18. The molecule has 3 aromatic carbocycles. The third-order valence-corrected chi connectivity index (χ3v) is 6.42. The second-order valence-electron chi connectivity index (χ2n) is 7.88. The van der Waals surface area contributed by atoms with Gasteiger partial charge in [0, 0.05) is 11.3 Å². The van der Waals surface area contributed by atoms with E-state index in [4.69, 9.17) is 0 Å². The van der Waals surface area contributed by atoms with Gasteiger partial charge >= 0.3 is 0 Å². The van der Waals surface area contributed by atoms with Crippen molar-refractivity contribution in [1.82, 2.24) is 14.8 Å². The van der Waals surface area contributed by atoms with Gasteiger partial charge in [-0.1, -0.05) is 66.4 Å². The monoisotopic (exact) mass is 442 g/mol. The molecule has 1 aromatic heterocycles. The Morgan fingerprint density at radius 3 is 2.25 bits per heavy atom. The molecule has 0 fully saturated rings. The van der Waals surface area contributed by atoms with E-state index in [1.54, 1.807) is 0 Å². The fourth-order valence-corrected chi connectivity index (χ4v) is 4.30. The van der Waals surface area contributed by atoms with E-state index in [0.717, 1.165) is 33.9 Å². The van der Waals surface area contributed by atoms with E-state index in [1.807, 2.05) is 66.9 Å². The average Bonchev–Trinajstić information content (AvgIpc) is 3.21. The summed E-state index contributed by atoms with van der Waals surface area (Å²) in [6.45, 7) is 8.18. The minimum Gasteiger partial charge on any atom is -0.325 e. The second-order valence-corrected chi connectivity index (χ2v) is 8.82. The number of amides is 1. The number of thioether (sulfide) groups is 1. The summed E-state index contributed by atoms with van der Waals surface area (Å²) in [5.41, 5.74) is 7.35. The molecule has 0 radical (unpaired) electrons. The first-order valence-corrected chi connectivity index (χ1v) is 11.5. The van der Waals surface area contributed by atoms with E-state index in [2.05, 4.69) is 47.6 Å². The van der Waals surface area contributed by atoms with Gasteiger partial charge in [0.05, 0.1) is 11.4 Å². The molecule has 0 bridgehead atoms. The second kappa shape index (κ2) is 9.40. The van der Waals surface area contributed by atoms with Crippen molar-refractivity contribution in [3.05, 3.63) is 89.0 Å². The fourth-order valence-electron chi connectivity index (χ4n) is 3.55. The van der Waals surface area contributed by atoms with Crippen LogP contribution in [0.15, 0.2) is 71.9 Å². The van der Waals surface area contributed by atoms with Gasteiger partial charge in [0.2, 0.25) is 5.91 Å². The average molecular weight is 443 g/mol. The van der Waals surface area contributed by atoms with Crippen LogP contribution in [-0.2, 0) is 4.79 Å². The first-order valence-electron chi connectivity index (χ1n) is 10.5. The number of nitrogens with zero attached hydrogens (tertiary/aromatic N) is 3. The predicted octanol–water partition coefficient (Wildman–Crippen LogP) is 5.90. The topological polar surface area (TPSA) is 59.8 Å². The zero-order valence-corrected chi connectivity index (χ0v) is 19.5. The summed E-state index contributed by atoms with van der Waals surface area (Å²) in [6.07, 6.45) is 0. The zero-order chi connectivity index (χ0) is 22.7. The lowest BCUT2D eigenvalue weighted by Gasteiger charge is -2.13. The Labute approximate surface area is 192 Å². The summed E-state index contributed by atoms with van der Waals surface area (Å²) >= 11 is 1.38. The zero-order valence-electron chi connectivity index (χ0n) is 18.7. The van der Waals surface area contributed by atoms with Crippen LogP contribution in [-0.4, -0.2) is 26.4 Å². The molecule has 0 atom stereocenters. The Morgan fingerprint density at radius 2 is 1.56 bits per heavy atom. The van der Waals surface area contributed by atoms with Crippen LogP contribution in [0.4, 0.5) is 5.69 Å². The number of aromatic nitrogens is 3. The number of hydrogen-bond donors (Lipinski definition) is 1. The summed E-state index contributed by atoms with van der Waals surface area (Å²) in [6, 6.07) is 22.3. The van der Waals surface area contributed by atoms with Crippen LogP contribution in [0, 0.1) is 27.7 Å². The molecule has 0 spiro atoms. The maximum absolute atomic E-state index is 12.7. The molecule has 6 heteroatoms. The highest BCUT2D eigenvalue weighted by Crippen LogP contribution is 2.29. The van der Waals surface area contributed by atoms with Gasteiger partial charge in [-0.25, -0.2) is 0 Å². The van der Waals surface area contributed by atoms with Crippen molar-refractivity contribution in [2.75, 3.05) is 11.1 Å². The molecule has 32 heavy (non-hydrogen) atoms. The third kappa shape index (κ3) is 4.60. The maximum atomic E-state index is 12.7. The Morgan fingerprint density at radius 1 is 0.844 bits per heavy atom. The molecule has 162 valence electrons. The van der Waals surface area contributed by atoms with Crippen LogP contribution >= 0.6 is 11.8 Å². The minimum atomic E-state index is -0.0664. The summed E-state index contributed by atoms with van der Waals surface area (Å²) in [7, 11) is 0. The van der Waals surface area contributed by atoms with Gasteiger partial charge in [-0.2, -0.15) is 0 Å². The van der Waals surface area contributed by atoms with Crippen LogP contribution in [0.2, 0.25) is 0 Å². The van der Waals surface area contributed by atoms with Crippen LogP contribution in [0.5, 0.6) is 0 Å². The van der Waals surface area contributed by atoms with Crippen molar-refractivity contribution in [3.63, 3.8) is 0 Å². The van der Waals surface area contributed by atoms with Gasteiger partial charge in [-0.15, -0.1) is 10.2 Å². The Balaban J connectivity index is 1.63. The standard InChI is InChI=1S/C26H26N4OS/c1-17-13-14-22(15-20(17)4)30-25(21-11-6-5-7-12-21)28-29-26(30)32-16-23(31)27-24-18(2)9-8-10-19(24)3/h5-15H,16H2,1-4H3,(H,27,31). The molecule has 0 saturated heterocycles. The number of anilines is 1. The smallest absolute Gasteiger partial charge is 0.234 e. The quantitative estimate of drug-likeness (QED) is 0.378. The van der Waals surface area contributed by atoms with Crippen LogP contribution < -0.4 is 5.32 Å². The highest BCUT2D eigenvalue weighted by atomic mass is 32.2. The number of benzene rings is 3. The molecule has 0 unspecified atom stereocenters. The Kier molecular flexibility index (Phi) is 6.42. The first kappa shape index (κ1) is 21.8. The van der Waals surface area contributed by atoms with Gasteiger partial charge in [0.25, 0.3) is 0 Å². The molecule has 0 saturated carbocycles. The van der Waals surface area contributed by atoms with Crippen LogP contribution in [0.3, 0.4) is 0 Å². The van der Waals surface area contributed by atoms with Crippen molar-refractivity contribution in [3.8, 4) is 17.1 Å². The summed E-state index contributed by atoms with van der Waals surface area (Å²) in [5.74, 6) is 0.931. The number of para-hydroxylation sites is 1. The Bertz CT molecular complexity index is 1240. The molecular weight excluding hydrogens is 416 g/mol. The van der Waals surface area contributed by atoms with E-state index in [9.17, 15) is 4.79 Å². The van der Waals surface area contributed by atoms with E-state index in [1.165, 1.54) is 22.9 Å². The lowest BCUT2D eigenvalue weighted by molar-refractivity contribution is -0.113. The molecule has 1 N–H and O–H groups in total. The van der Waals surface area contributed by atoms with E-state index >= 15 is 0 Å². The minimum absolute atomic E-state index is 0.0664. The lowest BCUT2D eigenvalue weighted by atomic mass is 10.1. The van der Waals surface area contributed by atoms with E-state index in [-0.39, 0.29) is 11.7 Å². The molecule has 5 nitrogen and oxygen atoms in total. The van der Waals surface area contributed by atoms with E-state index in [0.29, 0.717) is 5.16 Å². The SMILES string of the molecule is Cc1ccc(-n2c(SCC(=O)Nc3c(C)cccc3C)nnc2-c2ccccc2)cc1C. The van der Waals surface area contributed by atoms with Crippen molar-refractivity contribution in [2.24, 2.45) is 0 Å². The number of nitrogens with one attached hydrogen (secondary N) is 1. The number of hydrogen-bond acceptors (Lipinski definition) is 4. The van der Waals surface area contributed by atoms with Crippen molar-refractivity contribution in [2.45, 2.75) is 32.9 Å². The molecule has 1 amide bonds. The normalized spacial score (nSPS) is 10.9. The van der Waals surface area contributed by atoms with Gasteiger partial charge in [0.1, 0.15) is 0 Å². The van der Waals surface area contributed by atoms with Crippen LogP contribution in [0.1, 0.15) is 22.3 Å². The van der Waals surface area contributed by atoms with Gasteiger partial charge in [-0.05, 0) is 62.1 Å². The summed E-state index contributed by atoms with van der Waals surface area (Å²) in [4.78, 5) is 12.7. The first-order chi connectivity index (χ1) is 15.4. The molecule has 0 aliphatic rings. The van der Waals surface area contributed by atoms with Gasteiger partial charge < -0.3 is 5.32 Å². The molecule has 4 rings (SSSR count). The van der Waals surface area contributed by atoms with Crippen molar-refractivity contribution < 1.29 is 4.79 Å². The summed E-state index contributed by atoms with van der Waals surface area (Å²) in [5, 5.41) is 12.6. The van der Waals surface area contributed by atoms with Crippen molar-refractivity contribution in [1.29, 1.82) is 0 Å².